The molecule has 0 aliphatic heterocycles. The average molecular weight is 346 g/mol. The number of amides is 2. The minimum atomic E-state index is -1.15. The van der Waals surface area contributed by atoms with Gasteiger partial charge in [-0.25, -0.2) is 9.59 Å². The molecule has 8 heteroatoms. The monoisotopic (exact) mass is 346 g/mol. The second kappa shape index (κ2) is 8.75. The van der Waals surface area contributed by atoms with Crippen LogP contribution in [0.15, 0.2) is 0 Å². The molecule has 0 rings (SSSR count). The smallest absolute Gasteiger partial charge is 0.410 e. The van der Waals surface area contributed by atoms with Crippen molar-refractivity contribution in [1.82, 2.24) is 9.80 Å². The van der Waals surface area contributed by atoms with Crippen molar-refractivity contribution in [2.24, 2.45) is 0 Å². The topological polar surface area (TPSA) is 96.4 Å². The van der Waals surface area contributed by atoms with Crippen LogP contribution in [0.3, 0.4) is 0 Å². The predicted octanol–water partition coefficient (Wildman–Crippen LogP) is 2.57. The summed E-state index contributed by atoms with van der Waals surface area (Å²) in [6.07, 6.45) is -1.24. The fraction of sp³-hybridized carbons (Fsp3) is 0.812. The Bertz CT molecular complexity index is 450. The van der Waals surface area contributed by atoms with Gasteiger partial charge in [0.2, 0.25) is 0 Å². The normalized spacial score (nSPS) is 11.6. The van der Waals surface area contributed by atoms with Crippen LogP contribution in [0.5, 0.6) is 0 Å². The summed E-state index contributed by atoms with van der Waals surface area (Å²) >= 11 is 0. The Kier molecular flexibility index (Phi) is 8.02. The van der Waals surface area contributed by atoms with Gasteiger partial charge in [0.25, 0.3) is 0 Å². The summed E-state index contributed by atoms with van der Waals surface area (Å²) < 4.78 is 10.5. The van der Waals surface area contributed by atoms with Crippen LogP contribution < -0.4 is 0 Å². The zero-order chi connectivity index (χ0) is 19.1. The van der Waals surface area contributed by atoms with E-state index in [1.54, 1.807) is 48.5 Å². The number of carboxylic acids is 1. The number of aliphatic carboxylic acids is 1. The van der Waals surface area contributed by atoms with Crippen molar-refractivity contribution in [2.75, 3.05) is 26.2 Å². The van der Waals surface area contributed by atoms with Crippen LogP contribution in [-0.4, -0.2) is 70.4 Å². The number of ether oxygens (including phenoxy) is 2. The molecule has 0 aliphatic rings. The van der Waals surface area contributed by atoms with Crippen LogP contribution >= 0.6 is 0 Å². The van der Waals surface area contributed by atoms with E-state index in [4.69, 9.17) is 14.6 Å². The van der Waals surface area contributed by atoms with Gasteiger partial charge in [0.1, 0.15) is 17.7 Å². The highest BCUT2D eigenvalue weighted by Gasteiger charge is 2.26. The van der Waals surface area contributed by atoms with E-state index in [2.05, 4.69) is 0 Å². The van der Waals surface area contributed by atoms with Crippen LogP contribution in [0.2, 0.25) is 0 Å². The first-order valence-corrected chi connectivity index (χ1v) is 7.93. The Balaban J connectivity index is 4.87. The highest BCUT2D eigenvalue weighted by Crippen LogP contribution is 2.12. The van der Waals surface area contributed by atoms with E-state index < -0.39 is 35.9 Å². The zero-order valence-electron chi connectivity index (χ0n) is 15.7. The predicted molar refractivity (Wildman–Crippen MR) is 88.9 cm³/mol. The Morgan fingerprint density at radius 1 is 0.833 bits per heavy atom. The number of carboxylic acid groups (broad SMARTS) is 1. The molecule has 0 bridgehead atoms. The fourth-order valence-corrected chi connectivity index (χ4v) is 1.67. The Morgan fingerprint density at radius 2 is 1.21 bits per heavy atom. The first kappa shape index (κ1) is 22.0. The number of carbonyl (C=O) groups excluding carboxylic acids is 2. The maximum absolute atomic E-state index is 12.1. The van der Waals surface area contributed by atoms with Crippen LogP contribution in [0.4, 0.5) is 9.59 Å². The first-order valence-electron chi connectivity index (χ1n) is 7.93. The molecule has 0 aromatic rings. The lowest BCUT2D eigenvalue weighted by molar-refractivity contribution is -0.138. The summed E-state index contributed by atoms with van der Waals surface area (Å²) in [6.45, 7) is 12.2. The zero-order valence-corrected chi connectivity index (χ0v) is 15.7. The van der Waals surface area contributed by atoms with E-state index in [0.717, 1.165) is 4.90 Å². The molecule has 140 valence electrons. The molecular weight excluding hydrogens is 316 g/mol. The number of rotatable bonds is 6. The van der Waals surface area contributed by atoms with Crippen molar-refractivity contribution in [3.05, 3.63) is 0 Å². The SMILES string of the molecule is CCN(CCN(CC(=O)O)C(=O)OC(C)(C)C)C(=O)OC(C)(C)C. The fourth-order valence-electron chi connectivity index (χ4n) is 1.67. The summed E-state index contributed by atoms with van der Waals surface area (Å²) in [7, 11) is 0. The summed E-state index contributed by atoms with van der Waals surface area (Å²) in [5.74, 6) is -1.15. The number of likely N-dealkylation sites (N-methyl/N-ethyl adjacent to an activating group) is 1. The van der Waals surface area contributed by atoms with Crippen LogP contribution in [0.1, 0.15) is 48.5 Å². The number of hydrogen-bond donors (Lipinski definition) is 1. The molecule has 24 heavy (non-hydrogen) atoms. The molecule has 0 fully saturated rings. The summed E-state index contributed by atoms with van der Waals surface area (Å²) in [5.41, 5.74) is -1.36. The quantitative estimate of drug-likeness (QED) is 0.794. The number of carbonyl (C=O) groups is 3. The van der Waals surface area contributed by atoms with Gasteiger partial charge < -0.3 is 19.5 Å². The standard InChI is InChI=1S/C16H30N2O6/c1-8-17(13(21)23-15(2,3)4)9-10-18(11-12(19)20)14(22)24-16(5,6)7/h8-11H2,1-7H3,(H,19,20). The maximum atomic E-state index is 12.1. The van der Waals surface area contributed by atoms with Gasteiger partial charge >= 0.3 is 18.2 Å². The molecule has 8 nitrogen and oxygen atoms in total. The lowest BCUT2D eigenvalue weighted by Crippen LogP contribution is -2.45. The van der Waals surface area contributed by atoms with E-state index >= 15 is 0 Å². The Labute approximate surface area is 143 Å². The number of hydrogen-bond acceptors (Lipinski definition) is 5. The highest BCUT2D eigenvalue weighted by atomic mass is 16.6. The molecule has 0 atom stereocenters. The maximum Gasteiger partial charge on any atom is 0.410 e. The molecule has 2 amide bonds. The number of nitrogens with zero attached hydrogens (tertiary/aromatic N) is 2. The van der Waals surface area contributed by atoms with E-state index in [1.165, 1.54) is 4.90 Å². The van der Waals surface area contributed by atoms with Gasteiger partial charge in [-0.2, -0.15) is 0 Å². The average Bonchev–Trinajstić information content (AvgIpc) is 2.33. The third kappa shape index (κ3) is 9.91. The van der Waals surface area contributed by atoms with Crippen LogP contribution in [0.25, 0.3) is 0 Å². The van der Waals surface area contributed by atoms with Gasteiger partial charge in [-0.3, -0.25) is 9.69 Å². The molecule has 1 N–H and O–H groups in total. The molecule has 0 radical (unpaired) electrons. The lowest BCUT2D eigenvalue weighted by atomic mass is 10.2. The second-order valence-electron chi connectivity index (χ2n) is 7.36. The summed E-state index contributed by atoms with van der Waals surface area (Å²) in [6, 6.07) is 0. The van der Waals surface area contributed by atoms with Crippen LogP contribution in [-0.2, 0) is 14.3 Å². The third-order valence-corrected chi connectivity index (χ3v) is 2.65. The first-order chi connectivity index (χ1) is 10.7. The third-order valence-electron chi connectivity index (χ3n) is 2.65. The van der Waals surface area contributed by atoms with Gasteiger partial charge in [0.05, 0.1) is 0 Å². The molecule has 0 aromatic carbocycles. The highest BCUT2D eigenvalue weighted by molar-refractivity contribution is 5.77. The van der Waals surface area contributed by atoms with Gasteiger partial charge in [-0.05, 0) is 48.5 Å². The van der Waals surface area contributed by atoms with Gasteiger partial charge in [-0.15, -0.1) is 0 Å². The van der Waals surface area contributed by atoms with Crippen molar-refractivity contribution in [1.29, 1.82) is 0 Å². The second-order valence-corrected chi connectivity index (χ2v) is 7.36. The van der Waals surface area contributed by atoms with Gasteiger partial charge in [-0.1, -0.05) is 0 Å². The van der Waals surface area contributed by atoms with Gasteiger partial charge in [0, 0.05) is 19.6 Å². The lowest BCUT2D eigenvalue weighted by Gasteiger charge is -2.30. The van der Waals surface area contributed by atoms with E-state index in [9.17, 15) is 14.4 Å². The van der Waals surface area contributed by atoms with Crippen molar-refractivity contribution < 1.29 is 29.0 Å². The summed E-state index contributed by atoms with van der Waals surface area (Å²) in [4.78, 5) is 37.6. The molecule has 0 aliphatic carbocycles. The molecule has 0 unspecified atom stereocenters. The van der Waals surface area contributed by atoms with Crippen LogP contribution in [0, 0.1) is 0 Å². The van der Waals surface area contributed by atoms with Crippen molar-refractivity contribution >= 4 is 18.2 Å². The van der Waals surface area contributed by atoms with E-state index in [1.807, 2.05) is 0 Å². The van der Waals surface area contributed by atoms with Crippen molar-refractivity contribution in [3.8, 4) is 0 Å². The molecule has 0 spiro atoms. The summed E-state index contributed by atoms with van der Waals surface area (Å²) in [5, 5.41) is 8.96. The Hall–Kier alpha value is -1.99. The minimum absolute atomic E-state index is 0.0360. The van der Waals surface area contributed by atoms with E-state index in [-0.39, 0.29) is 13.1 Å². The molecule has 0 saturated carbocycles. The largest absolute Gasteiger partial charge is 0.480 e. The molecular formula is C16H30N2O6. The van der Waals surface area contributed by atoms with Crippen molar-refractivity contribution in [3.63, 3.8) is 0 Å². The van der Waals surface area contributed by atoms with Gasteiger partial charge in [0.15, 0.2) is 0 Å². The van der Waals surface area contributed by atoms with E-state index in [0.29, 0.717) is 6.54 Å². The van der Waals surface area contributed by atoms with Crippen molar-refractivity contribution in [2.45, 2.75) is 59.7 Å². The molecule has 0 saturated heterocycles. The minimum Gasteiger partial charge on any atom is -0.480 e. The molecule has 0 heterocycles. The molecule has 0 aromatic heterocycles. The Morgan fingerprint density at radius 3 is 1.54 bits per heavy atom.